The molecule has 3 atom stereocenters. The Bertz CT molecular complexity index is 2810. The zero-order chi connectivity index (χ0) is 53.7. The van der Waals surface area contributed by atoms with Crippen molar-refractivity contribution in [1.82, 2.24) is 0 Å². The number of rotatable bonds is 29. The summed E-state index contributed by atoms with van der Waals surface area (Å²) < 4.78 is 43.2. The normalized spacial score (nSPS) is 12.8. The van der Waals surface area contributed by atoms with Crippen LogP contribution in [0, 0.1) is 51.2 Å². The Morgan fingerprint density at radius 1 is 0.459 bits per heavy atom. The molecule has 0 aliphatic carbocycles. The molecule has 0 aromatic heterocycles. The minimum Gasteiger partial charge on any atom is -0.491 e. The Morgan fingerprint density at radius 3 is 1.03 bits per heavy atom. The van der Waals surface area contributed by atoms with Gasteiger partial charge in [0.05, 0.1) is 25.4 Å². The molecule has 0 amide bonds. The molecule has 3 unspecified atom stereocenters. The molecule has 0 saturated heterocycles. The molecule has 0 radical (unpaired) electrons. The number of carbonyl (C=O) groups is 4. The monoisotopic (exact) mass is 1010 g/mol. The van der Waals surface area contributed by atoms with E-state index in [1.807, 2.05) is 24.3 Å². The zero-order valence-electron chi connectivity index (χ0n) is 40.9. The van der Waals surface area contributed by atoms with E-state index in [1.54, 1.807) is 111 Å². The number of hydrogen-bond acceptors (Lipinski definition) is 18. The molecule has 0 fully saturated rings. The maximum absolute atomic E-state index is 12.8. The molecule has 0 aliphatic rings. The Morgan fingerprint density at radius 2 is 0.743 bits per heavy atom. The first-order chi connectivity index (χ1) is 35.7. The Labute approximate surface area is 428 Å². The summed E-state index contributed by atoms with van der Waals surface area (Å²) in [6, 6.07) is 33.3. The number of allylic oxidation sites excluding steroid dienone is 1. The van der Waals surface area contributed by atoms with E-state index in [-0.39, 0.29) is 74.3 Å². The van der Waals surface area contributed by atoms with E-state index < -0.39 is 36.0 Å². The molecule has 18 heteroatoms. The van der Waals surface area contributed by atoms with Gasteiger partial charge in [-0.1, -0.05) is 55.5 Å². The second-order valence-corrected chi connectivity index (χ2v) is 16.2. The highest BCUT2D eigenvalue weighted by atomic mass is 16.6. The molecule has 18 nitrogen and oxygen atoms in total. The summed E-state index contributed by atoms with van der Waals surface area (Å²) in [6.45, 7) is 2.92. The minimum atomic E-state index is -1.01. The fourth-order valence-corrected chi connectivity index (χ4v) is 6.03. The summed E-state index contributed by atoms with van der Waals surface area (Å²) in [7, 11) is 1.59. The third-order valence-electron chi connectivity index (χ3n) is 10.0. The first-order valence-corrected chi connectivity index (χ1v) is 23.0. The highest BCUT2D eigenvalue weighted by Gasteiger charge is 2.18. The predicted molar refractivity (Wildman–Crippen MR) is 268 cm³/mol. The molecule has 0 heterocycles. The lowest BCUT2D eigenvalue weighted by Crippen LogP contribution is -2.25. The van der Waals surface area contributed by atoms with Crippen molar-refractivity contribution >= 4 is 48.0 Å². The second kappa shape index (κ2) is 31.3. The molecule has 0 saturated carbocycles. The van der Waals surface area contributed by atoms with Crippen LogP contribution >= 0.6 is 0 Å². The molecule has 0 spiro atoms. The summed E-state index contributed by atoms with van der Waals surface area (Å²) in [5, 5.41) is 58.6. The minimum absolute atomic E-state index is 0.0295. The summed E-state index contributed by atoms with van der Waals surface area (Å²) in [5.74, 6) is -1.63. The second-order valence-electron chi connectivity index (χ2n) is 16.2. The van der Waals surface area contributed by atoms with Crippen LogP contribution in [0.3, 0.4) is 0 Å². The van der Waals surface area contributed by atoms with Crippen LogP contribution in [0.2, 0.25) is 0 Å². The van der Waals surface area contributed by atoms with Crippen molar-refractivity contribution in [1.29, 1.82) is 21.0 Å². The fraction of sp³-hybridized carbons (Fsp3) is 0.286. The van der Waals surface area contributed by atoms with Gasteiger partial charge < -0.3 is 48.1 Å². The van der Waals surface area contributed by atoms with Crippen molar-refractivity contribution < 1.29 is 67.3 Å². The molecule has 0 aliphatic heterocycles. The first kappa shape index (κ1) is 57.5. The van der Waals surface area contributed by atoms with Crippen LogP contribution in [0.5, 0.6) is 23.0 Å². The van der Waals surface area contributed by atoms with Crippen molar-refractivity contribution in [2.24, 2.45) is 5.92 Å². The van der Waals surface area contributed by atoms with Crippen LogP contribution in [-0.2, 0) is 38.1 Å². The fourth-order valence-electron chi connectivity index (χ4n) is 6.03. The van der Waals surface area contributed by atoms with Crippen molar-refractivity contribution in [2.75, 3.05) is 60.0 Å². The van der Waals surface area contributed by atoms with Gasteiger partial charge in [-0.25, -0.2) is 14.4 Å². The lowest BCUT2D eigenvalue weighted by molar-refractivity contribution is -0.143. The first-order valence-electron chi connectivity index (χ1n) is 23.0. The van der Waals surface area contributed by atoms with E-state index >= 15 is 0 Å². The van der Waals surface area contributed by atoms with Crippen molar-refractivity contribution in [3.05, 3.63) is 142 Å². The number of nitrogens with zero attached hydrogens (tertiary/aromatic N) is 4. The summed E-state index contributed by atoms with van der Waals surface area (Å²) >= 11 is 0. The number of carbonyl (C=O) groups excluding carboxylic acids is 4. The lowest BCUT2D eigenvalue weighted by atomic mass is 10.1. The van der Waals surface area contributed by atoms with Crippen LogP contribution in [0.25, 0.3) is 24.3 Å². The molecule has 0 bridgehead atoms. The van der Waals surface area contributed by atoms with Gasteiger partial charge in [-0.15, -0.1) is 0 Å². The number of ketones is 1. The molecule has 2 N–H and O–H groups in total. The number of Topliss-reactive ketones (excluding diaryl/α,β-unsaturated/α-hetero) is 1. The van der Waals surface area contributed by atoms with Gasteiger partial charge in [0.2, 0.25) is 0 Å². The third kappa shape index (κ3) is 20.7. The largest absolute Gasteiger partial charge is 0.491 e. The molecular formula is C56H54N4O14. The quantitative estimate of drug-likeness (QED) is 0.0183. The van der Waals surface area contributed by atoms with E-state index in [2.05, 4.69) is 0 Å². The molecule has 382 valence electrons. The standard InChI is InChI=1S/C56H54N4O14/c1-38(32-73-55(65)46(30-59)26-42-10-18-52(19-11-42)71-35-48(62)34-69-50-14-6-40(7-15-50)24-44(28-57)39(2)61)33-74-56(66)47(31-60)27-43-12-20-53(21-13-43)72-37-49(63)36-70-51-16-8-41(9-17-51)25-45(29-58)54(64)68-23-5-4-22-67-3/h6-21,24-27,38,48-49,62-63H,4-5,22-23,32-37H2,1-3H3/b44-24+,45-25+,46-26+,47-27+. The molecule has 4 aromatic carbocycles. The van der Waals surface area contributed by atoms with Crippen LogP contribution in [0.15, 0.2) is 119 Å². The number of ether oxygens (including phenoxy) is 8. The van der Waals surface area contributed by atoms with Gasteiger partial charge in [0.15, 0.2) is 5.78 Å². The third-order valence-corrected chi connectivity index (χ3v) is 10.0. The smallest absolute Gasteiger partial charge is 0.348 e. The van der Waals surface area contributed by atoms with Crippen LogP contribution in [0.4, 0.5) is 0 Å². The maximum atomic E-state index is 12.8. The van der Waals surface area contributed by atoms with Gasteiger partial charge in [-0.3, -0.25) is 4.79 Å². The van der Waals surface area contributed by atoms with E-state index in [4.69, 9.17) is 43.2 Å². The average molecular weight is 1010 g/mol. The highest BCUT2D eigenvalue weighted by molar-refractivity contribution is 6.02. The Hall–Kier alpha value is -9.04. The molecule has 74 heavy (non-hydrogen) atoms. The molecular weight excluding hydrogens is 953 g/mol. The van der Waals surface area contributed by atoms with Gasteiger partial charge in [0.1, 0.15) is 103 Å². The summed E-state index contributed by atoms with van der Waals surface area (Å²) in [6.07, 6.45) is 4.89. The average Bonchev–Trinajstić information content (AvgIpc) is 3.41. The highest BCUT2D eigenvalue weighted by Crippen LogP contribution is 2.20. The number of hydrogen-bond donors (Lipinski definition) is 2. The van der Waals surface area contributed by atoms with Crippen molar-refractivity contribution in [3.63, 3.8) is 0 Å². The van der Waals surface area contributed by atoms with Crippen molar-refractivity contribution in [2.45, 2.75) is 38.9 Å². The van der Waals surface area contributed by atoms with Gasteiger partial charge >= 0.3 is 17.9 Å². The van der Waals surface area contributed by atoms with Gasteiger partial charge in [0.25, 0.3) is 0 Å². The Balaban J connectivity index is 1.14. The SMILES string of the molecule is COCCCCOC(=O)/C(C#N)=C/c1ccc(OCC(O)COc2ccc(/C=C(\C#N)C(=O)OCC(C)COC(=O)/C(C#N)=C/c3ccc(OCC(O)COc4ccc(/C=C(\C#N)C(C)=O)cc4)cc3)cc2)cc1. The zero-order valence-corrected chi connectivity index (χ0v) is 40.9. The Kier molecular flexibility index (Phi) is 24.4. The number of aliphatic hydroxyl groups is 2. The van der Waals surface area contributed by atoms with Gasteiger partial charge in [0, 0.05) is 19.6 Å². The predicted octanol–water partition coefficient (Wildman–Crippen LogP) is 6.93. The van der Waals surface area contributed by atoms with E-state index in [0.29, 0.717) is 58.3 Å². The number of nitriles is 4. The van der Waals surface area contributed by atoms with Gasteiger partial charge in [-0.2, -0.15) is 21.0 Å². The van der Waals surface area contributed by atoms with Crippen LogP contribution in [0.1, 0.15) is 48.9 Å². The molecule has 4 aromatic rings. The number of esters is 3. The number of methoxy groups -OCH3 is 1. The summed E-state index contributed by atoms with van der Waals surface area (Å²) in [4.78, 5) is 49.2. The number of unbranched alkanes of at least 4 members (excludes halogenated alkanes) is 1. The molecule has 4 rings (SSSR count). The lowest BCUT2D eigenvalue weighted by Gasteiger charge is -2.14. The topological polar surface area (TPSA) is 278 Å². The van der Waals surface area contributed by atoms with Crippen LogP contribution < -0.4 is 18.9 Å². The number of aliphatic hydroxyl groups excluding tert-OH is 2. The number of benzene rings is 4. The van der Waals surface area contributed by atoms with E-state index in [0.717, 1.165) is 6.42 Å². The maximum Gasteiger partial charge on any atom is 0.348 e. The van der Waals surface area contributed by atoms with Crippen molar-refractivity contribution in [3.8, 4) is 47.3 Å². The summed E-state index contributed by atoms with van der Waals surface area (Å²) in [5.41, 5.74) is 1.52. The van der Waals surface area contributed by atoms with Gasteiger partial charge in [-0.05, 0) is 115 Å². The van der Waals surface area contributed by atoms with Crippen LogP contribution in [-0.4, -0.2) is 106 Å². The van der Waals surface area contributed by atoms with E-state index in [1.165, 1.54) is 31.2 Å². The van der Waals surface area contributed by atoms with E-state index in [9.17, 15) is 45.2 Å².